The van der Waals surface area contributed by atoms with Crippen LogP contribution in [0.5, 0.6) is 0 Å². The Morgan fingerprint density at radius 3 is 2.47 bits per heavy atom. The van der Waals surface area contributed by atoms with Crippen molar-refractivity contribution < 1.29 is 9.90 Å². The fourth-order valence-electron chi connectivity index (χ4n) is 1.68. The molecule has 1 unspecified atom stereocenters. The Labute approximate surface area is 88.9 Å². The highest BCUT2D eigenvalue weighted by molar-refractivity contribution is 5.73. The van der Waals surface area contributed by atoms with Gasteiger partial charge >= 0.3 is 5.97 Å². The summed E-state index contributed by atoms with van der Waals surface area (Å²) in [5, 5.41) is 8.67. The summed E-state index contributed by atoms with van der Waals surface area (Å²) in [7, 11) is 0. The van der Waals surface area contributed by atoms with E-state index in [0.29, 0.717) is 6.42 Å². The van der Waals surface area contributed by atoms with Crippen LogP contribution in [0.15, 0.2) is 24.3 Å². The smallest absolute Gasteiger partial charge is 0.320 e. The Bertz CT molecular complexity index is 354. The van der Waals surface area contributed by atoms with Gasteiger partial charge in [0.15, 0.2) is 0 Å². The first-order valence-corrected chi connectivity index (χ1v) is 5.24. The zero-order valence-electron chi connectivity index (χ0n) is 8.52. The van der Waals surface area contributed by atoms with Gasteiger partial charge in [-0.2, -0.15) is 0 Å². The zero-order valence-corrected chi connectivity index (χ0v) is 8.52. The molecule has 3 heteroatoms. The molecule has 1 aromatic carbocycles. The molecular weight excluding hydrogens is 190 g/mol. The van der Waals surface area contributed by atoms with E-state index < -0.39 is 12.0 Å². The maximum Gasteiger partial charge on any atom is 0.320 e. The molecule has 1 aromatic rings. The van der Waals surface area contributed by atoms with Gasteiger partial charge in [-0.25, -0.2) is 0 Å². The minimum atomic E-state index is -0.943. The third-order valence-electron chi connectivity index (χ3n) is 2.80. The van der Waals surface area contributed by atoms with Gasteiger partial charge in [0, 0.05) is 0 Å². The van der Waals surface area contributed by atoms with E-state index in [4.69, 9.17) is 10.8 Å². The van der Waals surface area contributed by atoms with Crippen LogP contribution in [-0.4, -0.2) is 17.1 Å². The number of rotatable bonds is 4. The number of benzene rings is 1. The monoisotopic (exact) mass is 205 g/mol. The average Bonchev–Trinajstić information content (AvgIpc) is 3.02. The second kappa shape index (κ2) is 4.03. The molecule has 80 valence electrons. The van der Waals surface area contributed by atoms with E-state index in [0.717, 1.165) is 11.5 Å². The van der Waals surface area contributed by atoms with Crippen LogP contribution in [0.2, 0.25) is 0 Å². The van der Waals surface area contributed by atoms with Gasteiger partial charge in [-0.05, 0) is 36.3 Å². The quantitative estimate of drug-likeness (QED) is 0.783. The van der Waals surface area contributed by atoms with Crippen molar-refractivity contribution in [2.45, 2.75) is 31.2 Å². The van der Waals surface area contributed by atoms with E-state index in [9.17, 15) is 4.79 Å². The van der Waals surface area contributed by atoms with Crippen molar-refractivity contribution in [3.63, 3.8) is 0 Å². The highest BCUT2D eigenvalue weighted by Gasteiger charge is 2.23. The van der Waals surface area contributed by atoms with E-state index in [1.807, 2.05) is 12.1 Å². The van der Waals surface area contributed by atoms with E-state index in [1.165, 1.54) is 18.4 Å². The van der Waals surface area contributed by atoms with Gasteiger partial charge in [0.05, 0.1) is 0 Å². The number of carbonyl (C=O) groups is 1. The predicted molar refractivity (Wildman–Crippen MR) is 57.7 cm³/mol. The van der Waals surface area contributed by atoms with Crippen LogP contribution in [0.25, 0.3) is 0 Å². The summed E-state index contributed by atoms with van der Waals surface area (Å²) in [4.78, 5) is 10.6. The van der Waals surface area contributed by atoms with Crippen molar-refractivity contribution in [1.82, 2.24) is 0 Å². The van der Waals surface area contributed by atoms with Crippen molar-refractivity contribution in [2.75, 3.05) is 0 Å². The van der Waals surface area contributed by atoms with Crippen molar-refractivity contribution in [2.24, 2.45) is 5.73 Å². The van der Waals surface area contributed by atoms with Crippen molar-refractivity contribution in [3.8, 4) is 0 Å². The maximum absolute atomic E-state index is 10.6. The third-order valence-corrected chi connectivity index (χ3v) is 2.80. The highest BCUT2D eigenvalue weighted by atomic mass is 16.4. The lowest BCUT2D eigenvalue weighted by Gasteiger charge is -2.06. The van der Waals surface area contributed by atoms with Crippen LogP contribution in [0, 0.1) is 0 Å². The normalized spacial score (nSPS) is 17.4. The molecule has 3 nitrogen and oxygen atoms in total. The van der Waals surface area contributed by atoms with Gasteiger partial charge in [0.25, 0.3) is 0 Å². The first-order valence-electron chi connectivity index (χ1n) is 5.24. The first kappa shape index (κ1) is 10.2. The molecule has 0 saturated heterocycles. The van der Waals surface area contributed by atoms with Crippen LogP contribution in [0.3, 0.4) is 0 Å². The Hall–Kier alpha value is -1.35. The Kier molecular flexibility index (Phi) is 2.73. The van der Waals surface area contributed by atoms with Gasteiger partial charge in [-0.1, -0.05) is 24.3 Å². The number of hydrogen-bond acceptors (Lipinski definition) is 2. The van der Waals surface area contributed by atoms with E-state index in [1.54, 1.807) is 0 Å². The molecule has 1 atom stereocenters. The summed E-state index contributed by atoms with van der Waals surface area (Å²) in [5.74, 6) is -0.200. The molecule has 1 fully saturated rings. The second-order valence-electron chi connectivity index (χ2n) is 4.16. The average molecular weight is 205 g/mol. The molecule has 0 heterocycles. The summed E-state index contributed by atoms with van der Waals surface area (Å²) in [6.07, 6.45) is 2.97. The molecule has 3 N–H and O–H groups in total. The molecule has 15 heavy (non-hydrogen) atoms. The molecule has 2 rings (SSSR count). The number of hydrogen-bond donors (Lipinski definition) is 2. The first-order chi connectivity index (χ1) is 7.16. The lowest BCUT2D eigenvalue weighted by atomic mass is 10.0. The largest absolute Gasteiger partial charge is 0.480 e. The number of carboxylic acids is 1. The van der Waals surface area contributed by atoms with Crippen LogP contribution in [0.4, 0.5) is 0 Å². The van der Waals surface area contributed by atoms with Gasteiger partial charge in [-0.3, -0.25) is 4.79 Å². The Balaban J connectivity index is 2.00. The Morgan fingerprint density at radius 2 is 2.00 bits per heavy atom. The molecule has 0 radical (unpaired) electrons. The minimum absolute atomic E-state index is 0.403. The standard InChI is InChI=1S/C12H15NO2/c13-11(12(14)15)7-8-1-3-9(4-2-8)10-5-6-10/h1-4,10-11H,5-7,13H2,(H,14,15). The predicted octanol–water partition coefficient (Wildman–Crippen LogP) is 1.52. The van der Waals surface area contributed by atoms with Crippen molar-refractivity contribution in [1.29, 1.82) is 0 Å². The maximum atomic E-state index is 10.6. The second-order valence-corrected chi connectivity index (χ2v) is 4.16. The van der Waals surface area contributed by atoms with Crippen LogP contribution < -0.4 is 5.73 Å². The summed E-state index contributed by atoms with van der Waals surface area (Å²) in [6.45, 7) is 0. The summed E-state index contributed by atoms with van der Waals surface area (Å²) in [6, 6.07) is 7.34. The fourth-order valence-corrected chi connectivity index (χ4v) is 1.68. The lowest BCUT2D eigenvalue weighted by Crippen LogP contribution is -2.32. The van der Waals surface area contributed by atoms with Gasteiger partial charge in [0.1, 0.15) is 6.04 Å². The van der Waals surface area contributed by atoms with Gasteiger partial charge in [0.2, 0.25) is 0 Å². The van der Waals surface area contributed by atoms with Crippen molar-refractivity contribution in [3.05, 3.63) is 35.4 Å². The summed E-state index contributed by atoms with van der Waals surface area (Å²) >= 11 is 0. The molecular formula is C12H15NO2. The van der Waals surface area contributed by atoms with Gasteiger partial charge < -0.3 is 10.8 Å². The van der Waals surface area contributed by atoms with Gasteiger partial charge in [-0.15, -0.1) is 0 Å². The molecule has 0 bridgehead atoms. The van der Waals surface area contributed by atoms with E-state index in [2.05, 4.69) is 12.1 Å². The molecule has 0 amide bonds. The van der Waals surface area contributed by atoms with Crippen LogP contribution >= 0.6 is 0 Å². The molecule has 1 saturated carbocycles. The Morgan fingerprint density at radius 1 is 1.40 bits per heavy atom. The molecule has 0 aromatic heterocycles. The minimum Gasteiger partial charge on any atom is -0.480 e. The fraction of sp³-hybridized carbons (Fsp3) is 0.417. The summed E-state index contributed by atoms with van der Waals surface area (Å²) in [5.41, 5.74) is 7.82. The molecule has 1 aliphatic rings. The highest BCUT2D eigenvalue weighted by Crippen LogP contribution is 2.39. The number of nitrogens with two attached hydrogens (primary N) is 1. The van der Waals surface area contributed by atoms with Crippen LogP contribution in [0.1, 0.15) is 29.9 Å². The lowest BCUT2D eigenvalue weighted by molar-refractivity contribution is -0.138. The third kappa shape index (κ3) is 2.57. The SMILES string of the molecule is NC(Cc1ccc(C2CC2)cc1)C(=O)O. The molecule has 1 aliphatic carbocycles. The summed E-state index contributed by atoms with van der Waals surface area (Å²) < 4.78 is 0. The van der Waals surface area contributed by atoms with Crippen molar-refractivity contribution >= 4 is 5.97 Å². The van der Waals surface area contributed by atoms with E-state index in [-0.39, 0.29) is 0 Å². The molecule has 0 aliphatic heterocycles. The number of aliphatic carboxylic acids is 1. The van der Waals surface area contributed by atoms with Crippen LogP contribution in [-0.2, 0) is 11.2 Å². The number of carboxylic acid groups (broad SMARTS) is 1. The molecule has 0 spiro atoms. The van der Waals surface area contributed by atoms with E-state index >= 15 is 0 Å². The zero-order chi connectivity index (χ0) is 10.8. The topological polar surface area (TPSA) is 63.3 Å².